The number of methoxy groups -OCH3 is 1. The molecule has 0 saturated heterocycles. The van der Waals surface area contributed by atoms with Crippen molar-refractivity contribution in [1.82, 2.24) is 0 Å². The topological polar surface area (TPSA) is 88.8 Å². The van der Waals surface area contributed by atoms with Crippen LogP contribution in [0.3, 0.4) is 0 Å². The highest BCUT2D eigenvalue weighted by atomic mass is 32.2. The molecule has 0 aliphatic carbocycles. The first kappa shape index (κ1) is 19.8. The number of carbonyl (C=O) groups excluding carboxylic acids is 1. The summed E-state index contributed by atoms with van der Waals surface area (Å²) in [6, 6.07) is 19.5. The Morgan fingerprint density at radius 1 is 1.00 bits per heavy atom. The van der Waals surface area contributed by atoms with Crippen molar-refractivity contribution < 1.29 is 22.4 Å². The Morgan fingerprint density at radius 2 is 1.70 bits per heavy atom. The fourth-order valence-electron chi connectivity index (χ4n) is 3.28. The van der Waals surface area contributed by atoms with Crippen molar-refractivity contribution in [3.05, 3.63) is 66.7 Å². The maximum absolute atomic E-state index is 12.6. The maximum Gasteiger partial charge on any atom is 0.245 e. The van der Waals surface area contributed by atoms with Crippen molar-refractivity contribution in [3.8, 4) is 5.75 Å². The molecule has 0 bridgehead atoms. The minimum atomic E-state index is -3.66. The van der Waals surface area contributed by atoms with Crippen LogP contribution in [0, 0.1) is 0 Å². The first-order chi connectivity index (χ1) is 14.3. The summed E-state index contributed by atoms with van der Waals surface area (Å²) in [6.07, 6.45) is 1.06. The van der Waals surface area contributed by atoms with Gasteiger partial charge in [-0.05, 0) is 42.5 Å². The van der Waals surface area contributed by atoms with Gasteiger partial charge in [0.1, 0.15) is 23.5 Å². The first-order valence-corrected chi connectivity index (χ1v) is 11.0. The van der Waals surface area contributed by atoms with E-state index in [0.29, 0.717) is 22.7 Å². The molecule has 0 radical (unpaired) electrons. The van der Waals surface area contributed by atoms with E-state index in [-0.39, 0.29) is 6.54 Å². The molecule has 0 spiro atoms. The fourth-order valence-corrected chi connectivity index (χ4v) is 4.14. The summed E-state index contributed by atoms with van der Waals surface area (Å²) in [7, 11) is -2.14. The number of hydrogen-bond acceptors (Lipinski definition) is 5. The molecule has 154 valence electrons. The number of nitrogens with one attached hydrogen (secondary N) is 1. The van der Waals surface area contributed by atoms with Gasteiger partial charge in [-0.3, -0.25) is 9.10 Å². The number of carbonyl (C=O) groups is 1. The molecule has 0 aliphatic heterocycles. The van der Waals surface area contributed by atoms with Crippen molar-refractivity contribution in [1.29, 1.82) is 0 Å². The van der Waals surface area contributed by atoms with Gasteiger partial charge in [-0.25, -0.2) is 8.42 Å². The second kappa shape index (κ2) is 7.72. The summed E-state index contributed by atoms with van der Waals surface area (Å²) in [5.41, 5.74) is 2.30. The Morgan fingerprint density at radius 3 is 2.40 bits per heavy atom. The number of sulfonamides is 1. The quantitative estimate of drug-likeness (QED) is 0.505. The predicted molar refractivity (Wildman–Crippen MR) is 118 cm³/mol. The minimum absolute atomic E-state index is 0.358. The van der Waals surface area contributed by atoms with Crippen LogP contribution in [-0.2, 0) is 14.8 Å². The zero-order valence-corrected chi connectivity index (χ0v) is 17.3. The van der Waals surface area contributed by atoms with E-state index in [9.17, 15) is 13.2 Å². The number of para-hydroxylation sites is 1. The molecule has 1 heterocycles. The van der Waals surface area contributed by atoms with Gasteiger partial charge in [0.2, 0.25) is 15.9 Å². The van der Waals surface area contributed by atoms with E-state index in [0.717, 1.165) is 26.9 Å². The Labute approximate surface area is 173 Å². The third kappa shape index (κ3) is 3.95. The number of fused-ring (bicyclic) bond motifs is 3. The zero-order chi connectivity index (χ0) is 21.3. The highest BCUT2D eigenvalue weighted by Gasteiger charge is 2.21. The van der Waals surface area contributed by atoms with Crippen molar-refractivity contribution in [2.45, 2.75) is 0 Å². The molecule has 0 aliphatic rings. The second-order valence-electron chi connectivity index (χ2n) is 6.82. The van der Waals surface area contributed by atoms with Crippen LogP contribution in [0.25, 0.3) is 21.9 Å². The molecular formula is C22H20N2O5S. The Bertz CT molecular complexity index is 1330. The van der Waals surface area contributed by atoms with Crippen LogP contribution in [0.4, 0.5) is 11.4 Å². The summed E-state index contributed by atoms with van der Waals surface area (Å²) >= 11 is 0. The molecule has 0 saturated carbocycles. The summed E-state index contributed by atoms with van der Waals surface area (Å²) in [4.78, 5) is 12.6. The van der Waals surface area contributed by atoms with Gasteiger partial charge < -0.3 is 14.5 Å². The van der Waals surface area contributed by atoms with Crippen LogP contribution in [0.15, 0.2) is 71.1 Å². The molecular weight excluding hydrogens is 404 g/mol. The van der Waals surface area contributed by atoms with E-state index in [4.69, 9.17) is 9.15 Å². The third-order valence-corrected chi connectivity index (χ3v) is 5.85. The van der Waals surface area contributed by atoms with Crippen molar-refractivity contribution >= 4 is 49.2 Å². The molecule has 1 N–H and O–H groups in total. The number of hydrogen-bond donors (Lipinski definition) is 1. The molecule has 4 rings (SSSR count). The predicted octanol–water partition coefficient (Wildman–Crippen LogP) is 4.00. The average molecular weight is 424 g/mol. The lowest BCUT2D eigenvalue weighted by Crippen LogP contribution is -2.37. The number of rotatable bonds is 6. The van der Waals surface area contributed by atoms with E-state index in [1.807, 2.05) is 30.3 Å². The molecule has 0 unspecified atom stereocenters. The van der Waals surface area contributed by atoms with Crippen molar-refractivity contribution in [3.63, 3.8) is 0 Å². The number of amides is 1. The highest BCUT2D eigenvalue weighted by molar-refractivity contribution is 7.92. The van der Waals surface area contributed by atoms with E-state index >= 15 is 0 Å². The van der Waals surface area contributed by atoms with Gasteiger partial charge >= 0.3 is 0 Å². The Balaban J connectivity index is 1.56. The molecule has 4 aromatic rings. The largest absolute Gasteiger partial charge is 0.497 e. The van der Waals surface area contributed by atoms with Crippen LogP contribution < -0.4 is 14.4 Å². The van der Waals surface area contributed by atoms with Gasteiger partial charge in [0.25, 0.3) is 0 Å². The molecule has 3 aromatic carbocycles. The van der Waals surface area contributed by atoms with E-state index in [1.54, 1.807) is 36.4 Å². The van der Waals surface area contributed by atoms with Crippen LogP contribution in [-0.4, -0.2) is 34.2 Å². The smallest absolute Gasteiger partial charge is 0.245 e. The van der Waals surface area contributed by atoms with Gasteiger partial charge in [0.05, 0.1) is 19.1 Å². The molecule has 0 fully saturated rings. The summed E-state index contributed by atoms with van der Waals surface area (Å²) in [5.74, 6) is 0.127. The Kier molecular flexibility index (Phi) is 5.09. The molecule has 8 heteroatoms. The number of benzene rings is 3. The summed E-state index contributed by atoms with van der Waals surface area (Å²) in [6.45, 7) is -0.358. The van der Waals surface area contributed by atoms with Crippen molar-refractivity contribution in [2.75, 3.05) is 29.5 Å². The summed E-state index contributed by atoms with van der Waals surface area (Å²) in [5, 5.41) is 4.68. The van der Waals surface area contributed by atoms with Gasteiger partial charge in [-0.1, -0.05) is 18.2 Å². The number of nitrogens with zero attached hydrogens (tertiary/aromatic N) is 1. The molecule has 0 atom stereocenters. The van der Waals surface area contributed by atoms with Crippen LogP contribution in [0.2, 0.25) is 0 Å². The molecule has 1 amide bonds. The fraction of sp³-hybridized carbons (Fsp3) is 0.136. The molecule has 1 aromatic heterocycles. The Hall–Kier alpha value is -3.52. The third-order valence-electron chi connectivity index (χ3n) is 4.71. The SMILES string of the molecule is COc1ccc(N(CC(=O)Nc2ccc3c(c2)oc2ccccc23)S(C)(=O)=O)cc1. The summed E-state index contributed by atoms with van der Waals surface area (Å²) < 4.78 is 36.5. The average Bonchev–Trinajstić information content (AvgIpc) is 3.09. The van der Waals surface area contributed by atoms with Crippen LogP contribution in [0.1, 0.15) is 0 Å². The standard InChI is InChI=1S/C22H20N2O5S/c1-28-17-10-8-16(9-11-17)24(30(2,26)27)14-22(25)23-15-7-12-19-18-5-3-4-6-20(18)29-21(19)13-15/h3-13H,14H2,1-2H3,(H,23,25). The maximum atomic E-state index is 12.6. The van der Waals surface area contributed by atoms with Crippen LogP contribution in [0.5, 0.6) is 5.75 Å². The van der Waals surface area contributed by atoms with Gasteiger partial charge in [-0.15, -0.1) is 0 Å². The lowest BCUT2D eigenvalue weighted by Gasteiger charge is -2.22. The molecule has 30 heavy (non-hydrogen) atoms. The molecule has 7 nitrogen and oxygen atoms in total. The highest BCUT2D eigenvalue weighted by Crippen LogP contribution is 2.30. The minimum Gasteiger partial charge on any atom is -0.497 e. The zero-order valence-electron chi connectivity index (χ0n) is 16.5. The number of ether oxygens (including phenoxy) is 1. The second-order valence-corrected chi connectivity index (χ2v) is 8.73. The lowest BCUT2D eigenvalue weighted by atomic mass is 10.1. The monoisotopic (exact) mass is 424 g/mol. The van der Waals surface area contributed by atoms with E-state index in [1.165, 1.54) is 7.11 Å². The van der Waals surface area contributed by atoms with E-state index < -0.39 is 15.9 Å². The van der Waals surface area contributed by atoms with Crippen LogP contribution >= 0.6 is 0 Å². The number of furan rings is 1. The van der Waals surface area contributed by atoms with E-state index in [2.05, 4.69) is 5.32 Å². The van der Waals surface area contributed by atoms with Gasteiger partial charge in [0, 0.05) is 22.5 Å². The lowest BCUT2D eigenvalue weighted by molar-refractivity contribution is -0.114. The normalized spacial score (nSPS) is 11.5. The first-order valence-electron chi connectivity index (χ1n) is 9.18. The number of anilines is 2. The van der Waals surface area contributed by atoms with Gasteiger partial charge in [0.15, 0.2) is 0 Å². The van der Waals surface area contributed by atoms with Gasteiger partial charge in [-0.2, -0.15) is 0 Å². The van der Waals surface area contributed by atoms with Crippen molar-refractivity contribution in [2.24, 2.45) is 0 Å².